The first-order valence-corrected chi connectivity index (χ1v) is 7.89. The number of aliphatic hydroxyl groups excluding tert-OH is 1. The summed E-state index contributed by atoms with van der Waals surface area (Å²) in [5.74, 6) is 0.848. The molecule has 3 rings (SSSR count). The van der Waals surface area contributed by atoms with Crippen molar-refractivity contribution in [1.82, 2.24) is 20.1 Å². The Kier molecular flexibility index (Phi) is 5.43. The fourth-order valence-corrected chi connectivity index (χ4v) is 2.28. The van der Waals surface area contributed by atoms with E-state index in [0.29, 0.717) is 18.1 Å². The van der Waals surface area contributed by atoms with E-state index in [1.807, 2.05) is 12.1 Å². The predicted octanol–water partition coefficient (Wildman–Crippen LogP) is 1.97. The molecule has 3 heterocycles. The summed E-state index contributed by atoms with van der Waals surface area (Å²) in [6.45, 7) is 0.743. The quantitative estimate of drug-likeness (QED) is 0.609. The molecule has 3 aromatic heterocycles. The molecule has 8 nitrogen and oxygen atoms in total. The maximum absolute atomic E-state index is 11.9. The van der Waals surface area contributed by atoms with Crippen molar-refractivity contribution in [1.29, 1.82) is 0 Å². The smallest absolute Gasteiger partial charge is 0.320 e. The molecule has 3 aromatic rings. The number of rotatable bonds is 7. The van der Waals surface area contributed by atoms with E-state index in [4.69, 9.17) is 4.42 Å². The highest BCUT2D eigenvalue weighted by Crippen LogP contribution is 2.11. The topological polar surface area (TPSA) is 105 Å². The van der Waals surface area contributed by atoms with E-state index >= 15 is 0 Å². The standard InChI is InChI=1S/C17H19N5O3/c23-14(15-2-1-11-25-15)12-19-17(24)20-16-6-10-22(21-16)9-5-13-3-7-18-8-4-13/h1-4,6-8,10-11,14,23H,5,9,12H2,(H2,19,20,21,24). The van der Waals surface area contributed by atoms with Gasteiger partial charge in [0, 0.05) is 31.2 Å². The number of hydrogen-bond donors (Lipinski definition) is 3. The zero-order chi connectivity index (χ0) is 17.5. The van der Waals surface area contributed by atoms with E-state index < -0.39 is 12.1 Å². The highest BCUT2D eigenvalue weighted by molar-refractivity contribution is 5.88. The second kappa shape index (κ2) is 8.11. The van der Waals surface area contributed by atoms with Gasteiger partial charge in [0.1, 0.15) is 11.9 Å². The van der Waals surface area contributed by atoms with E-state index in [1.54, 1.807) is 41.5 Å². The monoisotopic (exact) mass is 341 g/mol. The van der Waals surface area contributed by atoms with Crippen molar-refractivity contribution in [2.24, 2.45) is 0 Å². The Morgan fingerprint density at radius 2 is 2.12 bits per heavy atom. The Morgan fingerprint density at radius 1 is 1.28 bits per heavy atom. The van der Waals surface area contributed by atoms with Crippen LogP contribution in [-0.2, 0) is 13.0 Å². The Hall–Kier alpha value is -3.13. The van der Waals surface area contributed by atoms with Gasteiger partial charge in [0.25, 0.3) is 0 Å². The fourth-order valence-electron chi connectivity index (χ4n) is 2.28. The lowest BCUT2D eigenvalue weighted by Gasteiger charge is -2.09. The minimum Gasteiger partial charge on any atom is -0.467 e. The van der Waals surface area contributed by atoms with Crippen molar-refractivity contribution < 1.29 is 14.3 Å². The van der Waals surface area contributed by atoms with Gasteiger partial charge in [-0.05, 0) is 36.2 Å². The number of pyridine rings is 1. The van der Waals surface area contributed by atoms with Gasteiger partial charge < -0.3 is 14.8 Å². The molecule has 0 aromatic carbocycles. The van der Waals surface area contributed by atoms with E-state index in [0.717, 1.165) is 6.42 Å². The van der Waals surface area contributed by atoms with Crippen LogP contribution in [0, 0.1) is 0 Å². The Balaban J connectivity index is 1.43. The van der Waals surface area contributed by atoms with Crippen LogP contribution in [0.25, 0.3) is 0 Å². The molecule has 0 saturated carbocycles. The molecular weight excluding hydrogens is 322 g/mol. The number of aromatic nitrogens is 3. The number of hydrogen-bond acceptors (Lipinski definition) is 5. The molecule has 0 spiro atoms. The summed E-state index contributed by atoms with van der Waals surface area (Å²) < 4.78 is 6.83. The van der Waals surface area contributed by atoms with Crippen LogP contribution < -0.4 is 10.6 Å². The number of nitrogens with one attached hydrogen (secondary N) is 2. The number of carbonyl (C=O) groups is 1. The summed E-state index contributed by atoms with van der Waals surface area (Å²) in [4.78, 5) is 15.8. The zero-order valence-electron chi connectivity index (χ0n) is 13.5. The lowest BCUT2D eigenvalue weighted by molar-refractivity contribution is 0.149. The molecule has 2 amide bonds. The molecule has 1 unspecified atom stereocenters. The summed E-state index contributed by atoms with van der Waals surface area (Å²) in [7, 11) is 0. The van der Waals surface area contributed by atoms with Gasteiger partial charge >= 0.3 is 6.03 Å². The van der Waals surface area contributed by atoms with E-state index in [-0.39, 0.29) is 6.54 Å². The second-order valence-electron chi connectivity index (χ2n) is 5.44. The molecule has 0 aliphatic carbocycles. The van der Waals surface area contributed by atoms with E-state index in [9.17, 15) is 9.90 Å². The van der Waals surface area contributed by atoms with Crippen LogP contribution >= 0.6 is 0 Å². The average molecular weight is 341 g/mol. The summed E-state index contributed by atoms with van der Waals surface area (Å²) in [5.41, 5.74) is 1.17. The van der Waals surface area contributed by atoms with Gasteiger partial charge in [-0.3, -0.25) is 15.0 Å². The molecule has 0 aliphatic heterocycles. The van der Waals surface area contributed by atoms with Crippen LogP contribution in [0.1, 0.15) is 17.4 Å². The van der Waals surface area contributed by atoms with Crippen molar-refractivity contribution in [3.8, 4) is 0 Å². The lowest BCUT2D eigenvalue weighted by Crippen LogP contribution is -2.32. The molecule has 0 radical (unpaired) electrons. The Labute approximate surface area is 144 Å². The van der Waals surface area contributed by atoms with Crippen molar-refractivity contribution in [3.63, 3.8) is 0 Å². The van der Waals surface area contributed by atoms with Gasteiger partial charge in [-0.25, -0.2) is 4.79 Å². The van der Waals surface area contributed by atoms with Crippen LogP contribution in [0.15, 0.2) is 59.6 Å². The normalized spacial score (nSPS) is 11.9. The third-order valence-corrected chi connectivity index (χ3v) is 3.59. The van der Waals surface area contributed by atoms with Crippen LogP contribution in [0.2, 0.25) is 0 Å². The number of aryl methyl sites for hydroxylation is 2. The van der Waals surface area contributed by atoms with E-state index in [2.05, 4.69) is 20.7 Å². The zero-order valence-corrected chi connectivity index (χ0v) is 13.5. The number of urea groups is 1. The van der Waals surface area contributed by atoms with Crippen LogP contribution in [0.3, 0.4) is 0 Å². The third-order valence-electron chi connectivity index (χ3n) is 3.59. The Morgan fingerprint density at radius 3 is 2.88 bits per heavy atom. The maximum atomic E-state index is 11.9. The van der Waals surface area contributed by atoms with Gasteiger partial charge in [-0.1, -0.05) is 0 Å². The number of nitrogens with zero attached hydrogens (tertiary/aromatic N) is 3. The van der Waals surface area contributed by atoms with Gasteiger partial charge in [-0.15, -0.1) is 0 Å². The molecule has 0 aliphatic rings. The number of anilines is 1. The molecule has 25 heavy (non-hydrogen) atoms. The molecule has 3 N–H and O–H groups in total. The van der Waals surface area contributed by atoms with E-state index in [1.165, 1.54) is 11.8 Å². The second-order valence-corrected chi connectivity index (χ2v) is 5.44. The van der Waals surface area contributed by atoms with Crippen LogP contribution in [0.4, 0.5) is 10.6 Å². The van der Waals surface area contributed by atoms with Crippen molar-refractivity contribution in [3.05, 3.63) is 66.5 Å². The van der Waals surface area contributed by atoms with Crippen LogP contribution in [0.5, 0.6) is 0 Å². The summed E-state index contributed by atoms with van der Waals surface area (Å²) in [6.07, 6.45) is 6.72. The molecule has 1 atom stereocenters. The highest BCUT2D eigenvalue weighted by Gasteiger charge is 2.12. The lowest BCUT2D eigenvalue weighted by atomic mass is 10.2. The number of carbonyl (C=O) groups excluding carboxylic acids is 1. The molecule has 0 saturated heterocycles. The molecule has 130 valence electrons. The summed E-state index contributed by atoms with van der Waals surface area (Å²) in [5, 5.41) is 19.3. The number of aliphatic hydroxyl groups is 1. The largest absolute Gasteiger partial charge is 0.467 e. The molecule has 0 fully saturated rings. The van der Waals surface area contributed by atoms with Gasteiger partial charge in [0.2, 0.25) is 0 Å². The SMILES string of the molecule is O=C(NCC(O)c1ccco1)Nc1ccn(CCc2ccncc2)n1. The Bertz CT molecular complexity index is 786. The van der Waals surface area contributed by atoms with Gasteiger partial charge in [-0.2, -0.15) is 5.10 Å². The first-order chi connectivity index (χ1) is 12.2. The predicted molar refractivity (Wildman–Crippen MR) is 90.9 cm³/mol. The van der Waals surface area contributed by atoms with Crippen molar-refractivity contribution in [2.45, 2.75) is 19.1 Å². The van der Waals surface area contributed by atoms with Crippen LogP contribution in [-0.4, -0.2) is 32.4 Å². The minimum absolute atomic E-state index is 0.0437. The summed E-state index contributed by atoms with van der Waals surface area (Å²) >= 11 is 0. The highest BCUT2D eigenvalue weighted by atomic mass is 16.4. The molecular formula is C17H19N5O3. The molecule has 8 heteroatoms. The maximum Gasteiger partial charge on any atom is 0.320 e. The average Bonchev–Trinajstić information content (AvgIpc) is 3.31. The summed E-state index contributed by atoms with van der Waals surface area (Å²) in [6, 6.07) is 8.52. The minimum atomic E-state index is -0.890. The third kappa shape index (κ3) is 4.92. The first kappa shape index (κ1) is 16.7. The number of furan rings is 1. The van der Waals surface area contributed by atoms with Gasteiger partial charge in [0.05, 0.1) is 12.8 Å². The number of amides is 2. The van der Waals surface area contributed by atoms with Crippen molar-refractivity contribution >= 4 is 11.8 Å². The molecule has 0 bridgehead atoms. The fraction of sp³-hybridized carbons (Fsp3) is 0.235. The van der Waals surface area contributed by atoms with Crippen molar-refractivity contribution in [2.75, 3.05) is 11.9 Å². The first-order valence-electron chi connectivity index (χ1n) is 7.89. The van der Waals surface area contributed by atoms with Gasteiger partial charge in [0.15, 0.2) is 5.82 Å².